The monoisotopic (exact) mass is 302 g/mol. The number of anilines is 1. The third kappa shape index (κ3) is 4.30. The number of methoxy groups -OCH3 is 1. The van der Waals surface area contributed by atoms with Crippen LogP contribution in [0.5, 0.6) is 11.5 Å². The Morgan fingerprint density at radius 2 is 1.95 bits per heavy atom. The average Bonchev–Trinajstić information content (AvgIpc) is 2.52. The molecule has 0 radical (unpaired) electrons. The number of hydrogen-bond donors (Lipinski definition) is 1. The average molecular weight is 303 g/mol. The number of nitrogens with zero attached hydrogens (tertiary/aromatic N) is 1. The Hall–Kier alpha value is -2.38. The zero-order valence-electron chi connectivity index (χ0n) is 11.6. The molecule has 0 amide bonds. The van der Waals surface area contributed by atoms with Crippen molar-refractivity contribution in [2.75, 3.05) is 19.0 Å². The Balaban J connectivity index is 1.93. The summed E-state index contributed by atoms with van der Waals surface area (Å²) < 4.78 is 10.3. The van der Waals surface area contributed by atoms with Crippen LogP contribution in [-0.2, 0) is 6.54 Å². The van der Waals surface area contributed by atoms with Crippen LogP contribution in [0.25, 0.3) is 0 Å². The minimum absolute atomic E-state index is 0.0575. The third-order valence-electron chi connectivity index (χ3n) is 2.88. The Kier molecular flexibility index (Phi) is 5.30. The van der Waals surface area contributed by atoms with Crippen molar-refractivity contribution < 1.29 is 9.47 Å². The predicted molar refractivity (Wildman–Crippen MR) is 82.9 cm³/mol. The summed E-state index contributed by atoms with van der Waals surface area (Å²) in [6, 6.07) is 15.1. The molecule has 0 unspecified atom stereocenters. The van der Waals surface area contributed by atoms with Crippen molar-refractivity contribution in [3.63, 3.8) is 0 Å². The highest BCUT2D eigenvalue weighted by molar-refractivity contribution is 6.32. The lowest BCUT2D eigenvalue weighted by atomic mass is 10.2. The Morgan fingerprint density at radius 1 is 1.19 bits per heavy atom. The lowest BCUT2D eigenvalue weighted by Gasteiger charge is -2.09. The van der Waals surface area contributed by atoms with Crippen LogP contribution < -0.4 is 14.8 Å². The molecule has 2 rings (SSSR count). The highest BCUT2D eigenvalue weighted by atomic mass is 35.5. The number of halogens is 1. The van der Waals surface area contributed by atoms with E-state index in [4.69, 9.17) is 26.3 Å². The molecule has 2 aromatic carbocycles. The molecular formula is C16H15ClN2O2. The largest absolute Gasteiger partial charge is 0.495 e. The van der Waals surface area contributed by atoms with Gasteiger partial charge >= 0.3 is 0 Å². The number of rotatable bonds is 6. The minimum atomic E-state index is 0.0575. The van der Waals surface area contributed by atoms with Gasteiger partial charge in [0, 0.05) is 12.2 Å². The summed E-state index contributed by atoms with van der Waals surface area (Å²) in [6.45, 7) is 0.725. The normalized spacial score (nSPS) is 9.76. The van der Waals surface area contributed by atoms with Crippen LogP contribution in [0.1, 0.15) is 5.56 Å². The topological polar surface area (TPSA) is 54.3 Å². The molecule has 4 nitrogen and oxygen atoms in total. The molecule has 0 saturated heterocycles. The van der Waals surface area contributed by atoms with Crippen molar-refractivity contribution in [2.24, 2.45) is 0 Å². The van der Waals surface area contributed by atoms with E-state index in [1.807, 2.05) is 48.5 Å². The van der Waals surface area contributed by atoms with E-state index in [2.05, 4.69) is 5.32 Å². The zero-order valence-corrected chi connectivity index (χ0v) is 12.4. The molecule has 0 fully saturated rings. The van der Waals surface area contributed by atoms with Crippen LogP contribution in [0.15, 0.2) is 42.5 Å². The smallest absolute Gasteiger partial charge is 0.174 e. The first-order valence-corrected chi connectivity index (χ1v) is 6.77. The van der Waals surface area contributed by atoms with Gasteiger partial charge in [0.2, 0.25) is 0 Å². The maximum absolute atomic E-state index is 8.45. The molecule has 5 heteroatoms. The molecule has 0 spiro atoms. The second-order valence-corrected chi connectivity index (χ2v) is 4.70. The molecular weight excluding hydrogens is 288 g/mol. The quantitative estimate of drug-likeness (QED) is 0.880. The van der Waals surface area contributed by atoms with Crippen LogP contribution >= 0.6 is 11.6 Å². The van der Waals surface area contributed by atoms with Gasteiger partial charge in [-0.05, 0) is 35.9 Å². The lowest BCUT2D eigenvalue weighted by molar-refractivity contribution is 0.368. The molecule has 21 heavy (non-hydrogen) atoms. The molecule has 2 aromatic rings. The van der Waals surface area contributed by atoms with E-state index in [0.717, 1.165) is 11.3 Å². The van der Waals surface area contributed by atoms with Gasteiger partial charge in [-0.2, -0.15) is 5.26 Å². The van der Waals surface area contributed by atoms with Crippen molar-refractivity contribution in [1.29, 1.82) is 5.26 Å². The maximum atomic E-state index is 8.45. The highest BCUT2D eigenvalue weighted by Crippen LogP contribution is 2.27. The predicted octanol–water partition coefficient (Wildman–Crippen LogP) is 3.86. The summed E-state index contributed by atoms with van der Waals surface area (Å²) in [5.74, 6) is 1.34. The number of ether oxygens (including phenoxy) is 2. The van der Waals surface area contributed by atoms with Crippen LogP contribution in [0.2, 0.25) is 5.02 Å². The molecule has 0 saturated carbocycles. The van der Waals surface area contributed by atoms with E-state index in [1.54, 1.807) is 7.11 Å². The van der Waals surface area contributed by atoms with Gasteiger partial charge < -0.3 is 14.8 Å². The fraction of sp³-hybridized carbons (Fsp3) is 0.188. The summed E-state index contributed by atoms with van der Waals surface area (Å²) in [5.41, 5.74) is 2.02. The second kappa shape index (κ2) is 7.41. The van der Waals surface area contributed by atoms with Crippen molar-refractivity contribution in [1.82, 2.24) is 0 Å². The van der Waals surface area contributed by atoms with Gasteiger partial charge in [0.1, 0.15) is 17.6 Å². The summed E-state index contributed by atoms with van der Waals surface area (Å²) in [7, 11) is 1.59. The molecule has 0 bridgehead atoms. The Bertz CT molecular complexity index is 636. The highest BCUT2D eigenvalue weighted by Gasteiger charge is 2.02. The van der Waals surface area contributed by atoms with Gasteiger partial charge in [-0.3, -0.25) is 0 Å². The number of nitrogens with one attached hydrogen (secondary N) is 1. The van der Waals surface area contributed by atoms with Gasteiger partial charge in [-0.1, -0.05) is 23.7 Å². The first-order chi connectivity index (χ1) is 10.2. The van der Waals surface area contributed by atoms with Gasteiger partial charge in [0.25, 0.3) is 0 Å². The van der Waals surface area contributed by atoms with Crippen molar-refractivity contribution in [3.8, 4) is 17.6 Å². The summed E-state index contributed by atoms with van der Waals surface area (Å²) in [4.78, 5) is 0. The second-order valence-electron chi connectivity index (χ2n) is 4.29. The fourth-order valence-electron chi connectivity index (χ4n) is 1.80. The molecule has 0 heterocycles. The first-order valence-electron chi connectivity index (χ1n) is 6.39. The van der Waals surface area contributed by atoms with Gasteiger partial charge in [0.15, 0.2) is 6.61 Å². The van der Waals surface area contributed by atoms with Crippen LogP contribution in [0, 0.1) is 11.3 Å². The molecule has 0 aliphatic heterocycles. The fourth-order valence-corrected chi connectivity index (χ4v) is 2.06. The molecule has 0 atom stereocenters. The van der Waals surface area contributed by atoms with E-state index in [9.17, 15) is 0 Å². The van der Waals surface area contributed by atoms with E-state index in [0.29, 0.717) is 23.1 Å². The first kappa shape index (κ1) is 15.0. The van der Waals surface area contributed by atoms with Gasteiger partial charge in [0.05, 0.1) is 12.1 Å². The summed E-state index contributed by atoms with van der Waals surface area (Å²) in [5, 5.41) is 12.3. The van der Waals surface area contributed by atoms with Gasteiger partial charge in [-0.25, -0.2) is 0 Å². The Morgan fingerprint density at radius 3 is 2.57 bits per heavy atom. The van der Waals surface area contributed by atoms with Gasteiger partial charge in [-0.15, -0.1) is 0 Å². The Labute approximate surface area is 128 Å². The van der Waals surface area contributed by atoms with E-state index >= 15 is 0 Å². The number of hydrogen-bond acceptors (Lipinski definition) is 4. The van der Waals surface area contributed by atoms with Crippen molar-refractivity contribution in [2.45, 2.75) is 6.54 Å². The lowest BCUT2D eigenvalue weighted by Crippen LogP contribution is -2.00. The van der Waals surface area contributed by atoms with Crippen molar-refractivity contribution in [3.05, 3.63) is 53.1 Å². The van der Waals surface area contributed by atoms with E-state index in [1.165, 1.54) is 0 Å². The molecule has 0 aliphatic carbocycles. The SMILES string of the molecule is COc1ccc(NCc2ccc(OCC#N)cc2)cc1Cl. The van der Waals surface area contributed by atoms with Crippen molar-refractivity contribution >= 4 is 17.3 Å². The molecule has 1 N–H and O–H groups in total. The van der Waals surface area contributed by atoms with E-state index < -0.39 is 0 Å². The maximum Gasteiger partial charge on any atom is 0.174 e. The molecule has 108 valence electrons. The third-order valence-corrected chi connectivity index (χ3v) is 3.17. The summed E-state index contributed by atoms with van der Waals surface area (Å²) >= 11 is 6.07. The summed E-state index contributed by atoms with van der Waals surface area (Å²) in [6.07, 6.45) is 0. The van der Waals surface area contributed by atoms with Crippen LogP contribution in [-0.4, -0.2) is 13.7 Å². The van der Waals surface area contributed by atoms with Crippen LogP contribution in [0.3, 0.4) is 0 Å². The minimum Gasteiger partial charge on any atom is -0.495 e. The molecule has 0 aliphatic rings. The number of nitriles is 1. The molecule has 0 aromatic heterocycles. The number of benzene rings is 2. The standard InChI is InChI=1S/C16H15ClN2O2/c1-20-16-7-4-13(10-15(16)17)19-11-12-2-5-14(6-3-12)21-9-8-18/h2-7,10,19H,9,11H2,1H3. The zero-order chi connectivity index (χ0) is 15.1. The van der Waals surface area contributed by atoms with Crippen LogP contribution in [0.4, 0.5) is 5.69 Å². The van der Waals surface area contributed by atoms with E-state index in [-0.39, 0.29) is 6.61 Å².